The lowest BCUT2D eigenvalue weighted by atomic mass is 10.0. The number of amides is 1. The van der Waals surface area contributed by atoms with Crippen LogP contribution >= 0.6 is 0 Å². The van der Waals surface area contributed by atoms with Crippen molar-refractivity contribution in [1.29, 1.82) is 0 Å². The fourth-order valence-electron chi connectivity index (χ4n) is 2.99. The second-order valence-corrected chi connectivity index (χ2v) is 5.93. The molecule has 0 aliphatic carbocycles. The van der Waals surface area contributed by atoms with Gasteiger partial charge in [-0.2, -0.15) is 4.98 Å². The van der Waals surface area contributed by atoms with Gasteiger partial charge in [0.15, 0.2) is 0 Å². The van der Waals surface area contributed by atoms with E-state index in [4.69, 9.17) is 15.0 Å². The molecule has 1 aliphatic rings. The van der Waals surface area contributed by atoms with Gasteiger partial charge in [0.25, 0.3) is 0 Å². The van der Waals surface area contributed by atoms with Crippen molar-refractivity contribution in [2.75, 3.05) is 20.3 Å². The zero-order valence-electron chi connectivity index (χ0n) is 13.7. The molecule has 1 fully saturated rings. The summed E-state index contributed by atoms with van der Waals surface area (Å²) >= 11 is 0. The summed E-state index contributed by atoms with van der Waals surface area (Å²) < 4.78 is 10.4. The standard InChI is InChI=1S/C17H22N4O3/c1-23-11-13(18)17(22)21-10-6-5-9-14(21)16-19-15(20-24-16)12-7-3-2-4-8-12/h2-4,7-8,13-14H,5-6,9-11,18H2,1H3. The quantitative estimate of drug-likeness (QED) is 0.898. The van der Waals surface area contributed by atoms with Crippen molar-refractivity contribution < 1.29 is 14.1 Å². The molecule has 1 aromatic carbocycles. The molecule has 2 atom stereocenters. The minimum absolute atomic E-state index is 0.138. The van der Waals surface area contributed by atoms with Gasteiger partial charge in [0, 0.05) is 19.2 Å². The lowest BCUT2D eigenvalue weighted by molar-refractivity contribution is -0.138. The van der Waals surface area contributed by atoms with Crippen molar-refractivity contribution in [3.63, 3.8) is 0 Å². The van der Waals surface area contributed by atoms with Gasteiger partial charge in [-0.3, -0.25) is 4.79 Å². The molecule has 0 bridgehead atoms. The van der Waals surface area contributed by atoms with E-state index in [0.717, 1.165) is 24.8 Å². The first kappa shape index (κ1) is 16.6. The third-order valence-electron chi connectivity index (χ3n) is 4.21. The van der Waals surface area contributed by atoms with Crippen LogP contribution < -0.4 is 5.73 Å². The lowest BCUT2D eigenvalue weighted by Crippen LogP contribution is -2.49. The predicted octanol–water partition coefficient (Wildman–Crippen LogP) is 1.76. The van der Waals surface area contributed by atoms with Gasteiger partial charge >= 0.3 is 0 Å². The largest absolute Gasteiger partial charge is 0.383 e. The number of piperidine rings is 1. The first-order valence-corrected chi connectivity index (χ1v) is 8.14. The zero-order valence-corrected chi connectivity index (χ0v) is 13.7. The van der Waals surface area contributed by atoms with E-state index in [1.54, 1.807) is 4.90 Å². The van der Waals surface area contributed by atoms with E-state index < -0.39 is 6.04 Å². The Bertz CT molecular complexity index is 673. The molecule has 24 heavy (non-hydrogen) atoms. The van der Waals surface area contributed by atoms with Crippen molar-refractivity contribution in [2.24, 2.45) is 5.73 Å². The number of aromatic nitrogens is 2. The molecule has 7 heteroatoms. The molecule has 0 spiro atoms. The van der Waals surface area contributed by atoms with Gasteiger partial charge in [0.1, 0.15) is 12.1 Å². The molecule has 0 radical (unpaired) electrons. The van der Waals surface area contributed by atoms with Crippen LogP contribution in [0.25, 0.3) is 11.4 Å². The highest BCUT2D eigenvalue weighted by Crippen LogP contribution is 2.31. The van der Waals surface area contributed by atoms with E-state index in [1.165, 1.54) is 7.11 Å². The molecular weight excluding hydrogens is 308 g/mol. The second-order valence-electron chi connectivity index (χ2n) is 5.93. The van der Waals surface area contributed by atoms with E-state index in [2.05, 4.69) is 10.1 Å². The molecule has 2 N–H and O–H groups in total. The lowest BCUT2D eigenvalue weighted by Gasteiger charge is -2.34. The number of likely N-dealkylation sites (tertiary alicyclic amines) is 1. The zero-order chi connectivity index (χ0) is 16.9. The number of benzene rings is 1. The average molecular weight is 330 g/mol. The smallest absolute Gasteiger partial charge is 0.249 e. The Morgan fingerprint density at radius 2 is 2.21 bits per heavy atom. The molecule has 0 saturated carbocycles. The third-order valence-corrected chi connectivity index (χ3v) is 4.21. The van der Waals surface area contributed by atoms with Crippen molar-refractivity contribution in [1.82, 2.24) is 15.0 Å². The molecule has 1 saturated heterocycles. The Labute approximate surface area is 140 Å². The summed E-state index contributed by atoms with van der Waals surface area (Å²) in [5, 5.41) is 4.06. The van der Waals surface area contributed by atoms with Gasteiger partial charge in [-0.15, -0.1) is 0 Å². The first-order chi connectivity index (χ1) is 11.7. The van der Waals surface area contributed by atoms with E-state index >= 15 is 0 Å². The van der Waals surface area contributed by atoms with Crippen LogP contribution in [-0.4, -0.2) is 47.3 Å². The van der Waals surface area contributed by atoms with Crippen molar-refractivity contribution in [3.8, 4) is 11.4 Å². The van der Waals surface area contributed by atoms with E-state index in [-0.39, 0.29) is 18.6 Å². The number of nitrogens with two attached hydrogens (primary N) is 1. The predicted molar refractivity (Wildman–Crippen MR) is 87.9 cm³/mol. The van der Waals surface area contributed by atoms with E-state index in [9.17, 15) is 4.79 Å². The molecule has 1 amide bonds. The Morgan fingerprint density at radius 1 is 1.42 bits per heavy atom. The Kier molecular flexibility index (Phi) is 5.22. The maximum absolute atomic E-state index is 12.6. The van der Waals surface area contributed by atoms with Crippen LogP contribution in [0.1, 0.15) is 31.2 Å². The molecule has 1 aromatic heterocycles. The Hall–Kier alpha value is -2.25. The number of hydrogen-bond donors (Lipinski definition) is 1. The van der Waals surface area contributed by atoms with Crippen LogP contribution in [0.3, 0.4) is 0 Å². The van der Waals surface area contributed by atoms with Gasteiger partial charge in [-0.25, -0.2) is 0 Å². The summed E-state index contributed by atoms with van der Waals surface area (Å²) in [6.45, 7) is 0.838. The molecule has 2 heterocycles. The summed E-state index contributed by atoms with van der Waals surface area (Å²) in [7, 11) is 1.53. The normalized spacial score (nSPS) is 19.2. The minimum Gasteiger partial charge on any atom is -0.383 e. The maximum atomic E-state index is 12.6. The van der Waals surface area contributed by atoms with Crippen LogP contribution in [0.5, 0.6) is 0 Å². The highest BCUT2D eigenvalue weighted by Gasteiger charge is 2.34. The SMILES string of the molecule is COCC(N)C(=O)N1CCCCC1c1nc(-c2ccccc2)no1. The molecular formula is C17H22N4O3. The number of rotatable bonds is 5. The minimum atomic E-state index is -0.674. The first-order valence-electron chi connectivity index (χ1n) is 8.14. The summed E-state index contributed by atoms with van der Waals surface area (Å²) in [6.07, 6.45) is 2.75. The molecule has 1 aliphatic heterocycles. The van der Waals surface area contributed by atoms with Crippen LogP contribution in [-0.2, 0) is 9.53 Å². The highest BCUT2D eigenvalue weighted by molar-refractivity contribution is 5.82. The highest BCUT2D eigenvalue weighted by atomic mass is 16.5. The monoisotopic (exact) mass is 330 g/mol. The molecule has 2 unspecified atom stereocenters. The number of nitrogens with zero attached hydrogens (tertiary/aromatic N) is 3. The fraction of sp³-hybridized carbons (Fsp3) is 0.471. The van der Waals surface area contributed by atoms with Gasteiger partial charge in [0.05, 0.1) is 6.61 Å². The van der Waals surface area contributed by atoms with Crippen molar-refractivity contribution in [2.45, 2.75) is 31.3 Å². The molecule has 128 valence electrons. The number of hydrogen-bond acceptors (Lipinski definition) is 6. The maximum Gasteiger partial charge on any atom is 0.249 e. The van der Waals surface area contributed by atoms with Gasteiger partial charge < -0.3 is 19.9 Å². The van der Waals surface area contributed by atoms with Crippen LogP contribution in [0.15, 0.2) is 34.9 Å². The van der Waals surface area contributed by atoms with Crippen LogP contribution in [0.4, 0.5) is 0 Å². The van der Waals surface area contributed by atoms with Crippen LogP contribution in [0, 0.1) is 0 Å². The van der Waals surface area contributed by atoms with Gasteiger partial charge in [0.2, 0.25) is 17.6 Å². The Balaban J connectivity index is 1.81. The molecule has 3 rings (SSSR count). The van der Waals surface area contributed by atoms with Gasteiger partial charge in [-0.05, 0) is 19.3 Å². The summed E-state index contributed by atoms with van der Waals surface area (Å²) in [5.41, 5.74) is 6.80. The van der Waals surface area contributed by atoms with Crippen molar-refractivity contribution >= 4 is 5.91 Å². The van der Waals surface area contributed by atoms with E-state index in [0.29, 0.717) is 18.3 Å². The molecule has 2 aromatic rings. The Morgan fingerprint density at radius 3 is 2.96 bits per heavy atom. The molecule has 7 nitrogen and oxygen atoms in total. The summed E-state index contributed by atoms with van der Waals surface area (Å²) in [4.78, 5) is 18.8. The summed E-state index contributed by atoms with van der Waals surface area (Å²) in [6, 6.07) is 8.73. The van der Waals surface area contributed by atoms with Crippen molar-refractivity contribution in [3.05, 3.63) is 36.2 Å². The number of carbonyl (C=O) groups excluding carboxylic acids is 1. The van der Waals surface area contributed by atoms with Crippen LogP contribution in [0.2, 0.25) is 0 Å². The number of ether oxygens (including phenoxy) is 1. The fourth-order valence-corrected chi connectivity index (χ4v) is 2.99. The number of carbonyl (C=O) groups is 1. The second kappa shape index (κ2) is 7.55. The van der Waals surface area contributed by atoms with Gasteiger partial charge in [-0.1, -0.05) is 35.5 Å². The summed E-state index contributed by atoms with van der Waals surface area (Å²) in [5.74, 6) is 0.859. The number of methoxy groups -OCH3 is 1. The van der Waals surface area contributed by atoms with E-state index in [1.807, 2.05) is 30.3 Å². The third kappa shape index (κ3) is 3.47. The average Bonchev–Trinajstić information content (AvgIpc) is 3.12. The topological polar surface area (TPSA) is 94.5 Å².